The lowest BCUT2D eigenvalue weighted by Gasteiger charge is -2.27. The first kappa shape index (κ1) is 10.3. The Morgan fingerprint density at radius 3 is 2.25 bits per heavy atom. The Labute approximate surface area is 96.8 Å². The summed E-state index contributed by atoms with van der Waals surface area (Å²) in [6, 6.07) is 9.31. The molecule has 0 radical (unpaired) electrons. The molecule has 2 heteroatoms. The number of hydrogen-bond donors (Lipinski definition) is 1. The molecule has 1 aromatic carbocycles. The number of ether oxygens (including phenoxy) is 1. The quantitative estimate of drug-likeness (QED) is 0.842. The highest BCUT2D eigenvalue weighted by atomic mass is 16.5. The van der Waals surface area contributed by atoms with E-state index in [1.54, 1.807) is 0 Å². The van der Waals surface area contributed by atoms with Gasteiger partial charge in [-0.1, -0.05) is 24.3 Å². The first-order chi connectivity index (χ1) is 7.72. The molecule has 1 saturated carbocycles. The highest BCUT2D eigenvalue weighted by Crippen LogP contribution is 2.50. The van der Waals surface area contributed by atoms with E-state index in [0.717, 1.165) is 13.2 Å². The van der Waals surface area contributed by atoms with Gasteiger partial charge in [0.15, 0.2) is 0 Å². The van der Waals surface area contributed by atoms with Gasteiger partial charge in [0.2, 0.25) is 0 Å². The molecule has 0 aromatic heterocycles. The van der Waals surface area contributed by atoms with Crippen molar-refractivity contribution in [2.45, 2.75) is 37.1 Å². The molecule has 2 N–H and O–H groups in total. The molecule has 1 aromatic rings. The number of rotatable bonds is 3. The van der Waals surface area contributed by atoms with Gasteiger partial charge in [0, 0.05) is 17.4 Å². The molecule has 1 aliphatic carbocycles. The fraction of sp³-hybridized carbons (Fsp3) is 0.571. The summed E-state index contributed by atoms with van der Waals surface area (Å²) in [5, 5.41) is 0. The SMILES string of the molecule is CC(N)C1(c2ccc(C3COC3)cc2)CC1. The monoisotopic (exact) mass is 217 g/mol. The van der Waals surface area contributed by atoms with Crippen molar-refractivity contribution in [2.24, 2.45) is 5.73 Å². The van der Waals surface area contributed by atoms with Crippen LogP contribution in [0, 0.1) is 0 Å². The van der Waals surface area contributed by atoms with Crippen LogP contribution in [0.15, 0.2) is 24.3 Å². The highest BCUT2D eigenvalue weighted by Gasteiger charge is 2.47. The second-order valence-electron chi connectivity index (χ2n) is 5.30. The zero-order valence-corrected chi connectivity index (χ0v) is 9.78. The first-order valence-corrected chi connectivity index (χ1v) is 6.16. The lowest BCUT2D eigenvalue weighted by molar-refractivity contribution is 0.00841. The van der Waals surface area contributed by atoms with Crippen molar-refractivity contribution >= 4 is 0 Å². The summed E-state index contributed by atoms with van der Waals surface area (Å²) in [6.45, 7) is 3.90. The minimum Gasteiger partial charge on any atom is -0.380 e. The summed E-state index contributed by atoms with van der Waals surface area (Å²) in [6.07, 6.45) is 2.49. The van der Waals surface area contributed by atoms with E-state index >= 15 is 0 Å². The lowest BCUT2D eigenvalue weighted by Crippen LogP contribution is -2.31. The van der Waals surface area contributed by atoms with Gasteiger partial charge in [0.1, 0.15) is 0 Å². The lowest BCUT2D eigenvalue weighted by atomic mass is 9.87. The topological polar surface area (TPSA) is 35.2 Å². The van der Waals surface area contributed by atoms with E-state index in [9.17, 15) is 0 Å². The van der Waals surface area contributed by atoms with E-state index in [1.807, 2.05) is 0 Å². The number of nitrogens with two attached hydrogens (primary N) is 1. The maximum atomic E-state index is 6.08. The minimum absolute atomic E-state index is 0.269. The summed E-state index contributed by atoms with van der Waals surface area (Å²) in [5.74, 6) is 0.625. The summed E-state index contributed by atoms with van der Waals surface area (Å²) in [7, 11) is 0. The second kappa shape index (κ2) is 3.57. The van der Waals surface area contributed by atoms with Crippen LogP contribution in [0.2, 0.25) is 0 Å². The van der Waals surface area contributed by atoms with Crippen molar-refractivity contribution < 1.29 is 4.74 Å². The van der Waals surface area contributed by atoms with Crippen molar-refractivity contribution in [3.05, 3.63) is 35.4 Å². The van der Waals surface area contributed by atoms with Crippen LogP contribution in [-0.2, 0) is 10.2 Å². The molecule has 16 heavy (non-hydrogen) atoms. The van der Waals surface area contributed by atoms with Crippen LogP contribution < -0.4 is 5.73 Å². The minimum atomic E-state index is 0.269. The molecule has 0 amide bonds. The van der Waals surface area contributed by atoms with Gasteiger partial charge in [0.05, 0.1) is 13.2 Å². The molecule has 86 valence electrons. The number of hydrogen-bond acceptors (Lipinski definition) is 2. The molecule has 1 atom stereocenters. The van der Waals surface area contributed by atoms with Crippen LogP contribution in [0.25, 0.3) is 0 Å². The highest BCUT2D eigenvalue weighted by molar-refractivity contribution is 5.36. The first-order valence-electron chi connectivity index (χ1n) is 6.16. The molecule has 2 fully saturated rings. The Bertz CT molecular complexity index is 374. The van der Waals surface area contributed by atoms with Gasteiger partial charge in [-0.2, -0.15) is 0 Å². The fourth-order valence-electron chi connectivity index (χ4n) is 2.66. The molecule has 1 saturated heterocycles. The van der Waals surface area contributed by atoms with Crippen LogP contribution in [0.3, 0.4) is 0 Å². The van der Waals surface area contributed by atoms with Crippen molar-refractivity contribution in [3.63, 3.8) is 0 Å². The average Bonchev–Trinajstić information content (AvgIpc) is 2.97. The van der Waals surface area contributed by atoms with Crippen molar-refractivity contribution in [1.82, 2.24) is 0 Å². The van der Waals surface area contributed by atoms with Gasteiger partial charge in [0.25, 0.3) is 0 Å². The van der Waals surface area contributed by atoms with Crippen LogP contribution in [0.1, 0.15) is 36.8 Å². The van der Waals surface area contributed by atoms with Crippen molar-refractivity contribution in [2.75, 3.05) is 13.2 Å². The fourth-order valence-corrected chi connectivity index (χ4v) is 2.66. The second-order valence-corrected chi connectivity index (χ2v) is 5.30. The third-order valence-corrected chi connectivity index (χ3v) is 4.26. The van der Waals surface area contributed by atoms with E-state index in [4.69, 9.17) is 10.5 Å². The maximum Gasteiger partial charge on any atom is 0.0557 e. The third kappa shape index (κ3) is 1.48. The van der Waals surface area contributed by atoms with E-state index in [0.29, 0.717) is 5.92 Å². The summed E-state index contributed by atoms with van der Waals surface area (Å²) < 4.78 is 5.22. The van der Waals surface area contributed by atoms with E-state index in [1.165, 1.54) is 24.0 Å². The largest absolute Gasteiger partial charge is 0.380 e. The van der Waals surface area contributed by atoms with E-state index in [-0.39, 0.29) is 11.5 Å². The molecule has 1 unspecified atom stereocenters. The Morgan fingerprint density at radius 1 is 1.25 bits per heavy atom. The van der Waals surface area contributed by atoms with E-state index < -0.39 is 0 Å². The molecule has 2 aliphatic rings. The zero-order valence-electron chi connectivity index (χ0n) is 9.78. The third-order valence-electron chi connectivity index (χ3n) is 4.26. The van der Waals surface area contributed by atoms with Crippen LogP contribution in [0.5, 0.6) is 0 Å². The van der Waals surface area contributed by atoms with Gasteiger partial charge in [-0.25, -0.2) is 0 Å². The Kier molecular flexibility index (Phi) is 2.30. The molecular formula is C14H19NO. The van der Waals surface area contributed by atoms with Gasteiger partial charge >= 0.3 is 0 Å². The Balaban J connectivity index is 1.82. The molecular weight excluding hydrogens is 198 g/mol. The molecule has 0 spiro atoms. The molecule has 1 aliphatic heterocycles. The van der Waals surface area contributed by atoms with Crippen molar-refractivity contribution in [1.29, 1.82) is 0 Å². The predicted octanol–water partition coefficient (Wildman–Crippen LogP) is 2.18. The van der Waals surface area contributed by atoms with Crippen LogP contribution in [-0.4, -0.2) is 19.3 Å². The van der Waals surface area contributed by atoms with Crippen LogP contribution in [0.4, 0.5) is 0 Å². The number of benzene rings is 1. The Hall–Kier alpha value is -0.860. The van der Waals surface area contributed by atoms with Gasteiger partial charge < -0.3 is 10.5 Å². The van der Waals surface area contributed by atoms with Crippen molar-refractivity contribution in [3.8, 4) is 0 Å². The standard InChI is InChI=1S/C14H19NO/c1-10(15)14(6-7-14)13-4-2-11(3-5-13)12-8-16-9-12/h2-5,10,12H,6-9,15H2,1H3. The normalized spacial score (nSPS) is 24.9. The van der Waals surface area contributed by atoms with E-state index in [2.05, 4.69) is 31.2 Å². The van der Waals surface area contributed by atoms with Gasteiger partial charge in [-0.15, -0.1) is 0 Å². The average molecular weight is 217 g/mol. The molecule has 1 heterocycles. The zero-order chi connectivity index (χ0) is 11.2. The van der Waals surface area contributed by atoms with Gasteiger partial charge in [-0.05, 0) is 30.9 Å². The summed E-state index contributed by atoms with van der Waals surface area (Å²) >= 11 is 0. The smallest absolute Gasteiger partial charge is 0.0557 e. The van der Waals surface area contributed by atoms with Crippen LogP contribution >= 0.6 is 0 Å². The van der Waals surface area contributed by atoms with Gasteiger partial charge in [-0.3, -0.25) is 0 Å². The predicted molar refractivity (Wildman–Crippen MR) is 64.6 cm³/mol. The molecule has 0 bridgehead atoms. The maximum absolute atomic E-state index is 6.08. The molecule has 2 nitrogen and oxygen atoms in total. The molecule has 3 rings (SSSR count). The summed E-state index contributed by atoms with van der Waals surface area (Å²) in [4.78, 5) is 0. The summed E-state index contributed by atoms with van der Waals surface area (Å²) in [5.41, 5.74) is 9.20. The Morgan fingerprint density at radius 2 is 1.88 bits per heavy atom.